The normalized spacial score (nSPS) is 13.0. The van der Waals surface area contributed by atoms with Gasteiger partial charge in [-0.25, -0.2) is 14.8 Å². The Kier molecular flexibility index (Phi) is 10.5. The van der Waals surface area contributed by atoms with Crippen LogP contribution < -0.4 is 19.7 Å². The quantitative estimate of drug-likeness (QED) is 0.285. The Bertz CT molecular complexity index is 1250. The van der Waals surface area contributed by atoms with Crippen LogP contribution >= 0.6 is 0 Å². The smallest absolute Gasteiger partial charge is 0.321 e. The highest BCUT2D eigenvalue weighted by Crippen LogP contribution is 2.27. The lowest BCUT2D eigenvalue weighted by molar-refractivity contribution is 0.159. The van der Waals surface area contributed by atoms with Gasteiger partial charge in [0.15, 0.2) is 0 Å². The van der Waals surface area contributed by atoms with Crippen molar-refractivity contribution in [3.8, 4) is 11.5 Å². The summed E-state index contributed by atoms with van der Waals surface area (Å²) < 4.78 is 16.1. The number of allylic oxidation sites excluding steroid dienone is 1. The number of methoxy groups -OCH3 is 1. The van der Waals surface area contributed by atoms with E-state index in [0.717, 1.165) is 33.9 Å². The molecular weight excluding hydrogens is 494 g/mol. The van der Waals surface area contributed by atoms with Crippen molar-refractivity contribution < 1.29 is 19.0 Å². The molecule has 4 rings (SSSR count). The zero-order chi connectivity index (χ0) is 28.4. The van der Waals surface area contributed by atoms with Crippen molar-refractivity contribution in [1.82, 2.24) is 14.9 Å². The molecule has 1 aromatic heterocycles. The summed E-state index contributed by atoms with van der Waals surface area (Å²) >= 11 is 0. The molecule has 0 unspecified atom stereocenters. The highest BCUT2D eigenvalue weighted by atomic mass is 16.5. The number of benzene rings is 2. The molecule has 208 valence electrons. The number of piperazine rings is 1. The molecule has 39 heavy (non-hydrogen) atoms. The number of carbonyl (C=O) groups is 1. The molecule has 2 amide bonds. The van der Waals surface area contributed by atoms with Crippen molar-refractivity contribution >= 4 is 28.4 Å². The van der Waals surface area contributed by atoms with Crippen LogP contribution in [0.3, 0.4) is 0 Å². The van der Waals surface area contributed by atoms with Crippen LogP contribution in [-0.2, 0) is 4.74 Å². The summed E-state index contributed by atoms with van der Waals surface area (Å²) in [5, 5.41) is 3.91. The minimum Gasteiger partial charge on any atom is -0.497 e. The standard InChI is InChI=1S/C23H27N5O3.C7H12O/c1-16(2)31-18-6-4-17(5-7-18)26-23(29)28-12-10-27(11-13-28)22-20-14-19(30-3)8-9-21(20)24-15-25-22;1-5-7(4)8-6(2)3/h4-9,14-16H,10-13H2,1-3H3,(H,26,29);5-6H,1,4H2,2-3H3. The van der Waals surface area contributed by atoms with E-state index in [0.29, 0.717) is 31.9 Å². The highest BCUT2D eigenvalue weighted by molar-refractivity contribution is 5.91. The third-order valence-corrected chi connectivity index (χ3v) is 5.78. The molecule has 0 spiro atoms. The Morgan fingerprint density at radius 1 is 0.974 bits per heavy atom. The van der Waals surface area contributed by atoms with Crippen LogP contribution in [0.2, 0.25) is 0 Å². The third kappa shape index (κ3) is 8.63. The van der Waals surface area contributed by atoms with Gasteiger partial charge in [-0.15, -0.1) is 0 Å². The average molecular weight is 534 g/mol. The molecule has 0 radical (unpaired) electrons. The topological polar surface area (TPSA) is 89.1 Å². The van der Waals surface area contributed by atoms with Gasteiger partial charge in [-0.05, 0) is 76.2 Å². The van der Waals surface area contributed by atoms with Crippen LogP contribution in [0.1, 0.15) is 27.7 Å². The van der Waals surface area contributed by atoms with Gasteiger partial charge in [0.05, 0.1) is 24.8 Å². The van der Waals surface area contributed by atoms with E-state index >= 15 is 0 Å². The largest absolute Gasteiger partial charge is 0.497 e. The van der Waals surface area contributed by atoms with Gasteiger partial charge >= 0.3 is 6.03 Å². The maximum atomic E-state index is 12.7. The molecule has 9 nitrogen and oxygen atoms in total. The number of ether oxygens (including phenoxy) is 3. The number of anilines is 2. The van der Waals surface area contributed by atoms with Crippen molar-refractivity contribution in [3.05, 3.63) is 73.8 Å². The van der Waals surface area contributed by atoms with E-state index in [4.69, 9.17) is 14.2 Å². The van der Waals surface area contributed by atoms with Gasteiger partial charge in [0.2, 0.25) is 0 Å². The Balaban J connectivity index is 0.000000459. The maximum Gasteiger partial charge on any atom is 0.321 e. The highest BCUT2D eigenvalue weighted by Gasteiger charge is 2.23. The Morgan fingerprint density at radius 3 is 2.21 bits per heavy atom. The van der Waals surface area contributed by atoms with Crippen LogP contribution in [0.25, 0.3) is 10.9 Å². The first-order chi connectivity index (χ1) is 18.7. The van der Waals surface area contributed by atoms with E-state index in [9.17, 15) is 4.79 Å². The van der Waals surface area contributed by atoms with Crippen LogP contribution in [0, 0.1) is 0 Å². The first-order valence-electron chi connectivity index (χ1n) is 13.0. The SMILES string of the molecule is C=CC(=C)OC(C)C.COc1ccc2ncnc(N3CCN(C(=O)Nc4ccc(OC(C)C)cc4)CC3)c2c1. The molecule has 2 aromatic carbocycles. The summed E-state index contributed by atoms with van der Waals surface area (Å²) in [6, 6.07) is 13.1. The lowest BCUT2D eigenvalue weighted by atomic mass is 10.2. The molecule has 0 bridgehead atoms. The minimum absolute atomic E-state index is 0.105. The van der Waals surface area contributed by atoms with Gasteiger partial charge in [0.1, 0.15) is 29.4 Å². The number of nitrogens with zero attached hydrogens (tertiary/aromatic N) is 4. The van der Waals surface area contributed by atoms with Crippen LogP contribution in [0.4, 0.5) is 16.3 Å². The monoisotopic (exact) mass is 533 g/mol. The molecule has 2 heterocycles. The average Bonchev–Trinajstić information content (AvgIpc) is 2.93. The fourth-order valence-electron chi connectivity index (χ4n) is 3.96. The Hall–Kier alpha value is -4.27. The molecular formula is C30H39N5O4. The van der Waals surface area contributed by atoms with Crippen molar-refractivity contribution in [2.75, 3.05) is 43.5 Å². The molecule has 9 heteroatoms. The molecule has 3 aromatic rings. The molecule has 1 saturated heterocycles. The van der Waals surface area contributed by atoms with Crippen LogP contribution in [-0.4, -0.2) is 66.4 Å². The second-order valence-corrected chi connectivity index (χ2v) is 9.51. The lowest BCUT2D eigenvalue weighted by Crippen LogP contribution is -2.50. The molecule has 0 aliphatic carbocycles. The number of fused-ring (bicyclic) bond motifs is 1. The predicted octanol–water partition coefficient (Wildman–Crippen LogP) is 5.89. The zero-order valence-electron chi connectivity index (χ0n) is 23.5. The number of hydrogen-bond acceptors (Lipinski definition) is 7. The second kappa shape index (κ2) is 14.0. The van der Waals surface area contributed by atoms with E-state index < -0.39 is 0 Å². The molecule has 0 atom stereocenters. The predicted molar refractivity (Wildman–Crippen MR) is 157 cm³/mol. The van der Waals surface area contributed by atoms with Gasteiger partial charge in [0.25, 0.3) is 0 Å². The lowest BCUT2D eigenvalue weighted by Gasteiger charge is -2.35. The minimum atomic E-state index is -0.105. The first-order valence-corrected chi connectivity index (χ1v) is 13.0. The summed E-state index contributed by atoms with van der Waals surface area (Å²) in [5.41, 5.74) is 1.62. The molecule has 1 N–H and O–H groups in total. The fourth-order valence-corrected chi connectivity index (χ4v) is 3.96. The summed E-state index contributed by atoms with van der Waals surface area (Å²) in [5.74, 6) is 3.06. The zero-order valence-corrected chi connectivity index (χ0v) is 23.5. The number of rotatable bonds is 8. The summed E-state index contributed by atoms with van der Waals surface area (Å²) in [7, 11) is 1.65. The molecule has 1 aliphatic heterocycles. The number of hydrogen-bond donors (Lipinski definition) is 1. The second-order valence-electron chi connectivity index (χ2n) is 9.51. The van der Waals surface area contributed by atoms with Crippen molar-refractivity contribution in [1.29, 1.82) is 0 Å². The van der Waals surface area contributed by atoms with Crippen LogP contribution in [0.5, 0.6) is 11.5 Å². The number of amides is 2. The van der Waals surface area contributed by atoms with E-state index in [1.54, 1.807) is 19.5 Å². The van der Waals surface area contributed by atoms with E-state index in [1.165, 1.54) is 0 Å². The van der Waals surface area contributed by atoms with Crippen molar-refractivity contribution in [2.24, 2.45) is 0 Å². The number of urea groups is 1. The van der Waals surface area contributed by atoms with E-state index in [-0.39, 0.29) is 18.2 Å². The third-order valence-electron chi connectivity index (χ3n) is 5.78. The fraction of sp³-hybridized carbons (Fsp3) is 0.367. The summed E-state index contributed by atoms with van der Waals surface area (Å²) in [4.78, 5) is 25.5. The van der Waals surface area contributed by atoms with Gasteiger partial charge in [-0.2, -0.15) is 0 Å². The van der Waals surface area contributed by atoms with Crippen molar-refractivity contribution in [2.45, 2.75) is 39.9 Å². The molecule has 0 saturated carbocycles. The number of aromatic nitrogens is 2. The number of carbonyl (C=O) groups excluding carboxylic acids is 1. The van der Waals surface area contributed by atoms with E-state index in [1.807, 2.05) is 75.1 Å². The molecule has 1 aliphatic rings. The van der Waals surface area contributed by atoms with Crippen molar-refractivity contribution in [3.63, 3.8) is 0 Å². The van der Waals surface area contributed by atoms with Gasteiger partial charge in [0, 0.05) is 37.3 Å². The van der Waals surface area contributed by atoms with Gasteiger partial charge < -0.3 is 29.3 Å². The van der Waals surface area contributed by atoms with E-state index in [2.05, 4.69) is 33.3 Å². The molecule has 1 fully saturated rings. The number of nitrogens with one attached hydrogen (secondary N) is 1. The Labute approximate surface area is 231 Å². The van der Waals surface area contributed by atoms with Gasteiger partial charge in [-0.3, -0.25) is 0 Å². The summed E-state index contributed by atoms with van der Waals surface area (Å²) in [6.45, 7) is 17.5. The van der Waals surface area contributed by atoms with Gasteiger partial charge in [-0.1, -0.05) is 13.2 Å². The summed E-state index contributed by atoms with van der Waals surface area (Å²) in [6.07, 6.45) is 3.50. The Morgan fingerprint density at radius 2 is 1.64 bits per heavy atom. The first kappa shape index (κ1) is 29.3. The van der Waals surface area contributed by atoms with Crippen LogP contribution in [0.15, 0.2) is 73.8 Å². The maximum absolute atomic E-state index is 12.7.